The lowest BCUT2D eigenvalue weighted by molar-refractivity contribution is 0.0867. The van der Waals surface area contributed by atoms with E-state index in [1.807, 2.05) is 6.92 Å². The monoisotopic (exact) mass is 251 g/mol. The number of ether oxygens (including phenoxy) is 1. The van der Waals surface area contributed by atoms with Gasteiger partial charge in [0.2, 0.25) is 0 Å². The van der Waals surface area contributed by atoms with E-state index in [1.54, 1.807) is 18.0 Å². The molecule has 1 fully saturated rings. The Bertz CT molecular complexity index is 406. The number of carbonyl (C=O) groups is 1. The highest BCUT2D eigenvalue weighted by Gasteiger charge is 2.30. The number of rotatable bonds is 4. The molecule has 0 amide bonds. The van der Waals surface area contributed by atoms with Crippen LogP contribution in [0.5, 0.6) is 5.75 Å². The Morgan fingerprint density at radius 2 is 2.39 bits per heavy atom. The largest absolute Gasteiger partial charge is 0.493 e. The zero-order valence-corrected chi connectivity index (χ0v) is 11.1. The molecule has 1 aliphatic rings. The Morgan fingerprint density at radius 1 is 1.61 bits per heavy atom. The fourth-order valence-corrected chi connectivity index (χ4v) is 2.67. The fourth-order valence-electron chi connectivity index (χ4n) is 2.67. The van der Waals surface area contributed by atoms with Gasteiger partial charge in [0.05, 0.1) is 13.3 Å². The first-order chi connectivity index (χ1) is 8.67. The van der Waals surface area contributed by atoms with Crippen molar-refractivity contribution >= 4 is 5.78 Å². The fraction of sp³-hybridized carbons (Fsp3) is 0.692. The van der Waals surface area contributed by atoms with E-state index >= 15 is 0 Å². The third-order valence-electron chi connectivity index (χ3n) is 3.64. The quantitative estimate of drug-likeness (QED) is 0.825. The summed E-state index contributed by atoms with van der Waals surface area (Å²) in [4.78, 5) is 12.6. The predicted molar refractivity (Wildman–Crippen MR) is 68.7 cm³/mol. The molecule has 1 saturated carbocycles. The average Bonchev–Trinajstić information content (AvgIpc) is 2.80. The van der Waals surface area contributed by atoms with E-state index in [4.69, 9.17) is 10.5 Å². The van der Waals surface area contributed by atoms with Crippen molar-refractivity contribution in [2.24, 2.45) is 11.7 Å². The summed E-state index contributed by atoms with van der Waals surface area (Å²) in [5.74, 6) is 0.715. The summed E-state index contributed by atoms with van der Waals surface area (Å²) < 4.78 is 6.94. The molecule has 1 aromatic rings. The number of methoxy groups -OCH3 is 1. The second-order valence-electron chi connectivity index (χ2n) is 4.87. The molecule has 2 rings (SSSR count). The van der Waals surface area contributed by atoms with Gasteiger partial charge in [0.1, 0.15) is 5.69 Å². The molecule has 5 heteroatoms. The van der Waals surface area contributed by atoms with Crippen LogP contribution < -0.4 is 10.5 Å². The molecule has 0 spiro atoms. The van der Waals surface area contributed by atoms with Gasteiger partial charge in [0, 0.05) is 18.5 Å². The number of hydrogen-bond donors (Lipinski definition) is 1. The maximum absolute atomic E-state index is 12.6. The maximum atomic E-state index is 12.6. The summed E-state index contributed by atoms with van der Waals surface area (Å²) >= 11 is 0. The minimum atomic E-state index is 0.0182. The topological polar surface area (TPSA) is 70.1 Å². The third kappa shape index (κ3) is 2.41. The van der Waals surface area contributed by atoms with Crippen LogP contribution in [-0.4, -0.2) is 28.7 Å². The van der Waals surface area contributed by atoms with Gasteiger partial charge < -0.3 is 10.5 Å². The molecule has 5 nitrogen and oxygen atoms in total. The number of ketones is 1. The van der Waals surface area contributed by atoms with Crippen molar-refractivity contribution in [2.75, 3.05) is 7.11 Å². The molecule has 1 aromatic heterocycles. The minimum Gasteiger partial charge on any atom is -0.493 e. The van der Waals surface area contributed by atoms with E-state index in [0.29, 0.717) is 18.0 Å². The van der Waals surface area contributed by atoms with Crippen LogP contribution in [-0.2, 0) is 6.54 Å². The first kappa shape index (κ1) is 13.1. The molecule has 0 radical (unpaired) electrons. The van der Waals surface area contributed by atoms with Crippen LogP contribution in [0, 0.1) is 5.92 Å². The molecule has 100 valence electrons. The van der Waals surface area contributed by atoms with Crippen LogP contribution in [0.25, 0.3) is 0 Å². The van der Waals surface area contributed by atoms with Crippen molar-refractivity contribution in [3.8, 4) is 5.75 Å². The Kier molecular flexibility index (Phi) is 4.01. The van der Waals surface area contributed by atoms with Crippen molar-refractivity contribution in [3.05, 3.63) is 11.9 Å². The lowest BCUT2D eigenvalue weighted by Gasteiger charge is -2.25. The summed E-state index contributed by atoms with van der Waals surface area (Å²) in [5.41, 5.74) is 6.55. The van der Waals surface area contributed by atoms with Gasteiger partial charge in [-0.15, -0.1) is 0 Å². The number of Topliss-reactive ketones (excluding diaryl/α,β-unsaturated/α-hetero) is 1. The third-order valence-corrected chi connectivity index (χ3v) is 3.64. The molecule has 1 aliphatic carbocycles. The van der Waals surface area contributed by atoms with Gasteiger partial charge in [-0.2, -0.15) is 5.10 Å². The zero-order valence-electron chi connectivity index (χ0n) is 11.1. The van der Waals surface area contributed by atoms with Crippen molar-refractivity contribution < 1.29 is 9.53 Å². The first-order valence-electron chi connectivity index (χ1n) is 6.57. The highest BCUT2D eigenvalue weighted by atomic mass is 16.5. The smallest absolute Gasteiger partial charge is 0.187 e. The molecular weight excluding hydrogens is 230 g/mol. The van der Waals surface area contributed by atoms with Crippen LogP contribution in [0.4, 0.5) is 0 Å². The van der Waals surface area contributed by atoms with Crippen LogP contribution in [0.1, 0.15) is 43.1 Å². The van der Waals surface area contributed by atoms with E-state index < -0.39 is 0 Å². The van der Waals surface area contributed by atoms with Gasteiger partial charge in [0.25, 0.3) is 0 Å². The van der Waals surface area contributed by atoms with Gasteiger partial charge in [-0.25, -0.2) is 0 Å². The molecule has 0 aromatic carbocycles. The molecule has 0 aliphatic heterocycles. The zero-order chi connectivity index (χ0) is 13.1. The van der Waals surface area contributed by atoms with Crippen LogP contribution in [0.15, 0.2) is 6.20 Å². The van der Waals surface area contributed by atoms with Gasteiger partial charge in [-0.3, -0.25) is 9.48 Å². The SMILES string of the molecule is CCn1ncc(OC)c1C(=O)C1CCCC(N)C1. The van der Waals surface area contributed by atoms with E-state index in [1.165, 1.54) is 0 Å². The second-order valence-corrected chi connectivity index (χ2v) is 4.87. The number of carbonyl (C=O) groups excluding carboxylic acids is 1. The lowest BCUT2D eigenvalue weighted by atomic mass is 9.82. The average molecular weight is 251 g/mol. The van der Waals surface area contributed by atoms with E-state index in [2.05, 4.69) is 5.10 Å². The molecular formula is C13H21N3O2. The minimum absolute atomic E-state index is 0.0182. The number of aryl methyl sites for hydroxylation is 1. The standard InChI is InChI=1S/C13H21N3O2/c1-3-16-12(11(18-2)8-15-16)13(17)9-5-4-6-10(14)7-9/h8-10H,3-7,14H2,1-2H3. The van der Waals surface area contributed by atoms with Gasteiger partial charge in [0.15, 0.2) is 11.5 Å². The predicted octanol–water partition coefficient (Wildman–Crippen LogP) is 1.61. The van der Waals surface area contributed by atoms with Gasteiger partial charge in [-0.1, -0.05) is 6.42 Å². The van der Waals surface area contributed by atoms with Crippen LogP contribution in [0.3, 0.4) is 0 Å². The number of aromatic nitrogens is 2. The summed E-state index contributed by atoms with van der Waals surface area (Å²) in [6.07, 6.45) is 5.36. The number of nitrogens with zero attached hydrogens (tertiary/aromatic N) is 2. The molecule has 0 saturated heterocycles. The summed E-state index contributed by atoms with van der Waals surface area (Å²) in [5, 5.41) is 4.18. The highest BCUT2D eigenvalue weighted by molar-refractivity contribution is 5.98. The first-order valence-corrected chi connectivity index (χ1v) is 6.57. The van der Waals surface area contributed by atoms with Crippen LogP contribution in [0.2, 0.25) is 0 Å². The Balaban J connectivity index is 2.24. The number of nitrogens with two attached hydrogens (primary N) is 1. The van der Waals surface area contributed by atoms with Gasteiger partial charge >= 0.3 is 0 Å². The highest BCUT2D eigenvalue weighted by Crippen LogP contribution is 2.29. The van der Waals surface area contributed by atoms with E-state index in [0.717, 1.165) is 25.7 Å². The Hall–Kier alpha value is -1.36. The summed E-state index contributed by atoms with van der Waals surface area (Å²) in [6, 6.07) is 0.150. The lowest BCUT2D eigenvalue weighted by Crippen LogP contribution is -2.32. The molecule has 2 atom stereocenters. The van der Waals surface area contributed by atoms with Crippen LogP contribution >= 0.6 is 0 Å². The molecule has 0 bridgehead atoms. The molecule has 2 N–H and O–H groups in total. The van der Waals surface area contributed by atoms with Crippen molar-refractivity contribution in [3.63, 3.8) is 0 Å². The maximum Gasteiger partial charge on any atom is 0.187 e. The normalized spacial score (nSPS) is 23.9. The molecule has 2 unspecified atom stereocenters. The van der Waals surface area contributed by atoms with Crippen molar-refractivity contribution in [1.29, 1.82) is 0 Å². The van der Waals surface area contributed by atoms with E-state index in [-0.39, 0.29) is 17.7 Å². The van der Waals surface area contributed by atoms with Crippen molar-refractivity contribution in [2.45, 2.75) is 45.2 Å². The Morgan fingerprint density at radius 3 is 3.00 bits per heavy atom. The Labute approximate surface area is 107 Å². The second kappa shape index (κ2) is 5.52. The summed E-state index contributed by atoms with van der Waals surface area (Å²) in [7, 11) is 1.57. The molecule has 18 heavy (non-hydrogen) atoms. The van der Waals surface area contributed by atoms with Gasteiger partial charge in [-0.05, 0) is 26.2 Å². The van der Waals surface area contributed by atoms with Crippen molar-refractivity contribution in [1.82, 2.24) is 9.78 Å². The summed E-state index contributed by atoms with van der Waals surface area (Å²) in [6.45, 7) is 2.64. The van der Waals surface area contributed by atoms with E-state index in [9.17, 15) is 4.79 Å². The number of hydrogen-bond acceptors (Lipinski definition) is 4. The molecule has 1 heterocycles.